The van der Waals surface area contributed by atoms with Crippen molar-refractivity contribution in [3.8, 4) is 0 Å². The summed E-state index contributed by atoms with van der Waals surface area (Å²) in [5.41, 5.74) is 1.82. The van der Waals surface area contributed by atoms with Crippen molar-refractivity contribution in [1.82, 2.24) is 9.55 Å². The Hall–Kier alpha value is -1.14. The summed E-state index contributed by atoms with van der Waals surface area (Å²) in [6, 6.07) is 5.43. The third kappa shape index (κ3) is 2.96. The smallest absolute Gasteiger partial charge is 0.328 e. The fourth-order valence-electron chi connectivity index (χ4n) is 2.30. The van der Waals surface area contributed by atoms with Crippen molar-refractivity contribution in [3.05, 3.63) is 27.4 Å². The van der Waals surface area contributed by atoms with Crippen LogP contribution in [0.15, 0.2) is 22.7 Å². The van der Waals surface area contributed by atoms with E-state index < -0.39 is 6.04 Å². The van der Waals surface area contributed by atoms with Crippen LogP contribution in [0.5, 0.6) is 0 Å². The van der Waals surface area contributed by atoms with E-state index in [0.717, 1.165) is 15.5 Å². The molecule has 0 aliphatic rings. The summed E-state index contributed by atoms with van der Waals surface area (Å²) < 4.78 is 8.29. The first-order chi connectivity index (χ1) is 9.43. The molecule has 0 fully saturated rings. The zero-order valence-electron chi connectivity index (χ0n) is 11.6. The number of rotatable bonds is 4. The molecule has 0 saturated carbocycles. The van der Waals surface area contributed by atoms with Gasteiger partial charge in [0, 0.05) is 4.47 Å². The number of H-pyrrole nitrogens is 1. The minimum absolute atomic E-state index is 0.265. The first-order valence-electron chi connectivity index (χ1n) is 6.41. The molecule has 0 aliphatic heterocycles. The van der Waals surface area contributed by atoms with Gasteiger partial charge < -0.3 is 14.3 Å². The van der Waals surface area contributed by atoms with E-state index in [-0.39, 0.29) is 5.97 Å². The normalized spacial score (nSPS) is 12.8. The van der Waals surface area contributed by atoms with E-state index in [1.54, 1.807) is 0 Å². The second-order valence-electron chi connectivity index (χ2n) is 5.13. The van der Waals surface area contributed by atoms with Crippen LogP contribution in [-0.2, 0) is 9.53 Å². The van der Waals surface area contributed by atoms with Gasteiger partial charge in [0.25, 0.3) is 0 Å². The van der Waals surface area contributed by atoms with Crippen molar-refractivity contribution in [2.45, 2.75) is 26.3 Å². The number of aromatic nitrogens is 2. The average molecular weight is 357 g/mol. The highest BCUT2D eigenvalue weighted by Gasteiger charge is 2.25. The highest BCUT2D eigenvalue weighted by molar-refractivity contribution is 9.10. The minimum Gasteiger partial charge on any atom is -0.467 e. The number of benzene rings is 1. The van der Waals surface area contributed by atoms with E-state index in [4.69, 9.17) is 17.0 Å². The summed E-state index contributed by atoms with van der Waals surface area (Å²) >= 11 is 8.81. The number of hydrogen-bond donors (Lipinski definition) is 1. The molecule has 6 heteroatoms. The first kappa shape index (κ1) is 15.3. The molecule has 1 aromatic heterocycles. The summed E-state index contributed by atoms with van der Waals surface area (Å²) in [6.07, 6.45) is 0.685. The predicted molar refractivity (Wildman–Crippen MR) is 85.3 cm³/mol. The maximum Gasteiger partial charge on any atom is 0.328 e. The zero-order valence-corrected chi connectivity index (χ0v) is 14.0. The molecular formula is C14H17BrN2O2S. The summed E-state index contributed by atoms with van der Waals surface area (Å²) in [6.45, 7) is 4.15. The van der Waals surface area contributed by atoms with Crippen molar-refractivity contribution < 1.29 is 9.53 Å². The van der Waals surface area contributed by atoms with Crippen LogP contribution in [0.3, 0.4) is 0 Å². The van der Waals surface area contributed by atoms with Crippen LogP contribution in [0, 0.1) is 10.7 Å². The third-order valence-electron chi connectivity index (χ3n) is 3.16. The zero-order chi connectivity index (χ0) is 14.9. The molecule has 1 atom stereocenters. The van der Waals surface area contributed by atoms with E-state index in [1.165, 1.54) is 7.11 Å². The van der Waals surface area contributed by atoms with Gasteiger partial charge in [0.2, 0.25) is 0 Å². The number of carbonyl (C=O) groups is 1. The first-order valence-corrected chi connectivity index (χ1v) is 7.61. The number of hydrogen-bond acceptors (Lipinski definition) is 3. The van der Waals surface area contributed by atoms with Crippen molar-refractivity contribution in [2.24, 2.45) is 5.92 Å². The quantitative estimate of drug-likeness (QED) is 0.658. The number of nitrogens with zero attached hydrogens (tertiary/aromatic N) is 1. The highest BCUT2D eigenvalue weighted by atomic mass is 79.9. The van der Waals surface area contributed by atoms with Crippen molar-refractivity contribution in [1.29, 1.82) is 0 Å². The van der Waals surface area contributed by atoms with Crippen molar-refractivity contribution >= 4 is 45.2 Å². The number of aromatic amines is 1. The third-order valence-corrected chi connectivity index (χ3v) is 3.95. The minimum atomic E-state index is -0.401. The number of ether oxygens (including phenoxy) is 1. The fraction of sp³-hybridized carbons (Fsp3) is 0.429. The maximum absolute atomic E-state index is 12.1. The Kier molecular flexibility index (Phi) is 4.65. The molecule has 108 valence electrons. The van der Waals surface area contributed by atoms with Crippen LogP contribution in [0.2, 0.25) is 0 Å². The molecule has 0 aliphatic carbocycles. The van der Waals surface area contributed by atoms with Gasteiger partial charge in [-0.05, 0) is 42.8 Å². The van der Waals surface area contributed by atoms with Gasteiger partial charge in [-0.1, -0.05) is 29.8 Å². The lowest BCUT2D eigenvalue weighted by molar-refractivity contribution is -0.145. The van der Waals surface area contributed by atoms with Crippen LogP contribution in [0.25, 0.3) is 11.0 Å². The summed E-state index contributed by atoms with van der Waals surface area (Å²) in [5, 5.41) is 0. The molecule has 0 spiro atoms. The van der Waals surface area contributed by atoms with Gasteiger partial charge in [-0.25, -0.2) is 4.79 Å². The molecule has 4 nitrogen and oxygen atoms in total. The molecule has 2 aromatic rings. The average Bonchev–Trinajstić information content (AvgIpc) is 2.69. The van der Waals surface area contributed by atoms with Crippen LogP contribution in [0.1, 0.15) is 26.3 Å². The van der Waals surface area contributed by atoms with Gasteiger partial charge in [-0.3, -0.25) is 0 Å². The molecular weight excluding hydrogens is 340 g/mol. The fourth-order valence-corrected chi connectivity index (χ4v) is 3.00. The second-order valence-corrected chi connectivity index (χ2v) is 6.43. The highest BCUT2D eigenvalue weighted by Crippen LogP contribution is 2.27. The monoisotopic (exact) mass is 356 g/mol. The predicted octanol–water partition coefficient (Wildman–Crippen LogP) is 4.22. The molecule has 0 radical (unpaired) electrons. The van der Waals surface area contributed by atoms with Crippen LogP contribution < -0.4 is 0 Å². The topological polar surface area (TPSA) is 47.0 Å². The van der Waals surface area contributed by atoms with Gasteiger partial charge >= 0.3 is 5.97 Å². The maximum atomic E-state index is 12.1. The Morgan fingerprint density at radius 3 is 2.80 bits per heavy atom. The Labute approximate surface area is 131 Å². The largest absolute Gasteiger partial charge is 0.467 e. The number of esters is 1. The van der Waals surface area contributed by atoms with Gasteiger partial charge in [-0.2, -0.15) is 0 Å². The molecule has 1 N–H and O–H groups in total. The Balaban J connectivity index is 2.61. The summed E-state index contributed by atoms with van der Waals surface area (Å²) in [7, 11) is 1.41. The van der Waals surface area contributed by atoms with E-state index >= 15 is 0 Å². The lowest BCUT2D eigenvalue weighted by Gasteiger charge is -2.19. The lowest BCUT2D eigenvalue weighted by atomic mass is 10.0. The number of imidazole rings is 1. The van der Waals surface area contributed by atoms with E-state index in [0.29, 0.717) is 17.1 Å². The summed E-state index contributed by atoms with van der Waals surface area (Å²) in [4.78, 5) is 15.2. The number of methoxy groups -OCH3 is 1. The molecule has 2 rings (SSSR count). The SMILES string of the molecule is COC(=O)C(CC(C)C)n1c(=S)[nH]c2cc(Br)ccc21. The van der Waals surface area contributed by atoms with Gasteiger partial charge in [0.1, 0.15) is 6.04 Å². The number of halogens is 1. The van der Waals surface area contributed by atoms with Crippen molar-refractivity contribution in [2.75, 3.05) is 7.11 Å². The Morgan fingerprint density at radius 2 is 2.20 bits per heavy atom. The molecule has 1 aromatic carbocycles. The molecule has 20 heavy (non-hydrogen) atoms. The second kappa shape index (κ2) is 6.10. The van der Waals surface area contributed by atoms with E-state index in [2.05, 4.69) is 34.8 Å². The van der Waals surface area contributed by atoms with Crippen LogP contribution in [0.4, 0.5) is 0 Å². The van der Waals surface area contributed by atoms with Crippen LogP contribution >= 0.6 is 28.1 Å². The molecule has 0 saturated heterocycles. The molecule has 0 bridgehead atoms. The number of fused-ring (bicyclic) bond motifs is 1. The van der Waals surface area contributed by atoms with Crippen molar-refractivity contribution in [3.63, 3.8) is 0 Å². The standard InChI is InChI=1S/C14H17BrN2O2S/c1-8(2)6-12(13(18)19-3)17-11-5-4-9(15)7-10(11)16-14(17)20/h4-5,7-8,12H,6H2,1-3H3,(H,16,20). The summed E-state index contributed by atoms with van der Waals surface area (Å²) in [5.74, 6) is 0.0972. The van der Waals surface area contributed by atoms with Crippen LogP contribution in [-0.4, -0.2) is 22.6 Å². The van der Waals surface area contributed by atoms with E-state index in [9.17, 15) is 4.79 Å². The Bertz CT molecular complexity index is 690. The van der Waals surface area contributed by atoms with Gasteiger partial charge in [0.05, 0.1) is 18.1 Å². The number of nitrogens with one attached hydrogen (secondary N) is 1. The van der Waals surface area contributed by atoms with E-state index in [1.807, 2.05) is 22.8 Å². The number of carbonyl (C=O) groups excluding carboxylic acids is 1. The molecule has 1 heterocycles. The lowest BCUT2D eigenvalue weighted by Crippen LogP contribution is -2.22. The van der Waals surface area contributed by atoms with Gasteiger partial charge in [-0.15, -0.1) is 0 Å². The molecule has 1 unspecified atom stereocenters. The Morgan fingerprint density at radius 1 is 1.50 bits per heavy atom. The van der Waals surface area contributed by atoms with Gasteiger partial charge in [0.15, 0.2) is 4.77 Å². The molecule has 0 amide bonds.